The fourth-order valence-corrected chi connectivity index (χ4v) is 3.80. The summed E-state index contributed by atoms with van der Waals surface area (Å²) in [6.45, 7) is 1.64. The molecule has 0 bridgehead atoms. The van der Waals surface area contributed by atoms with Crippen molar-refractivity contribution in [3.05, 3.63) is 88.7 Å². The van der Waals surface area contributed by atoms with Crippen LogP contribution in [0.15, 0.2) is 71.6 Å². The first-order valence-electron chi connectivity index (χ1n) is 8.21. The summed E-state index contributed by atoms with van der Waals surface area (Å²) in [7, 11) is -3.75. The molecule has 0 aliphatic heterocycles. The summed E-state index contributed by atoms with van der Waals surface area (Å²) in [5.74, 6) is -1.21. The van der Waals surface area contributed by atoms with Crippen molar-refractivity contribution in [3.8, 4) is 0 Å². The van der Waals surface area contributed by atoms with Crippen LogP contribution in [0, 0.1) is 12.7 Å². The van der Waals surface area contributed by atoms with Crippen molar-refractivity contribution in [1.82, 2.24) is 0 Å². The third-order valence-electron chi connectivity index (χ3n) is 3.96. The lowest BCUT2D eigenvalue weighted by Crippen LogP contribution is -2.15. The molecule has 0 aliphatic carbocycles. The normalized spacial score (nSPS) is 11.1. The second-order valence-corrected chi connectivity index (χ2v) is 8.12. The third kappa shape index (κ3) is 4.49. The maximum atomic E-state index is 13.6. The van der Waals surface area contributed by atoms with E-state index in [1.165, 1.54) is 30.3 Å². The van der Waals surface area contributed by atoms with Gasteiger partial charge in [-0.2, -0.15) is 0 Å². The topological polar surface area (TPSA) is 75.3 Å². The molecule has 0 saturated heterocycles. The number of benzene rings is 3. The lowest BCUT2D eigenvalue weighted by molar-refractivity contribution is 0.102. The zero-order valence-electron chi connectivity index (χ0n) is 14.7. The number of amides is 1. The van der Waals surface area contributed by atoms with E-state index in [1.807, 2.05) is 0 Å². The Kier molecular flexibility index (Phi) is 5.67. The van der Waals surface area contributed by atoms with Crippen molar-refractivity contribution < 1.29 is 17.6 Å². The zero-order chi connectivity index (χ0) is 20.3. The van der Waals surface area contributed by atoms with E-state index in [0.717, 1.165) is 6.07 Å². The lowest BCUT2D eigenvalue weighted by atomic mass is 10.1. The Bertz CT molecular complexity index is 1120. The van der Waals surface area contributed by atoms with Gasteiger partial charge >= 0.3 is 0 Å². The van der Waals surface area contributed by atoms with E-state index in [9.17, 15) is 17.6 Å². The highest BCUT2D eigenvalue weighted by Gasteiger charge is 2.16. The van der Waals surface area contributed by atoms with Crippen molar-refractivity contribution >= 4 is 38.9 Å². The van der Waals surface area contributed by atoms with Gasteiger partial charge < -0.3 is 5.32 Å². The molecule has 2 N–H and O–H groups in total. The molecule has 0 atom stereocenters. The Balaban J connectivity index is 1.76. The van der Waals surface area contributed by atoms with Crippen LogP contribution in [0.4, 0.5) is 15.8 Å². The van der Waals surface area contributed by atoms with Crippen LogP contribution in [-0.4, -0.2) is 14.3 Å². The first kappa shape index (κ1) is 19.9. The molecular formula is C20H16ClFN2O3S. The number of carbonyl (C=O) groups excluding carboxylic acids is 1. The van der Waals surface area contributed by atoms with E-state index in [2.05, 4.69) is 10.0 Å². The third-order valence-corrected chi connectivity index (χ3v) is 5.65. The molecule has 0 saturated carbocycles. The average Bonchev–Trinajstić information content (AvgIpc) is 2.65. The molecule has 3 aromatic carbocycles. The molecule has 8 heteroatoms. The number of hydrogen-bond acceptors (Lipinski definition) is 3. The van der Waals surface area contributed by atoms with E-state index < -0.39 is 21.7 Å². The van der Waals surface area contributed by atoms with Crippen LogP contribution in [0.3, 0.4) is 0 Å². The lowest BCUT2D eigenvalue weighted by Gasteiger charge is -2.11. The van der Waals surface area contributed by atoms with E-state index in [-0.39, 0.29) is 15.5 Å². The molecule has 0 aromatic heterocycles. The molecule has 3 rings (SSSR count). The molecule has 0 fully saturated rings. The largest absolute Gasteiger partial charge is 0.322 e. The van der Waals surface area contributed by atoms with Crippen molar-refractivity contribution in [1.29, 1.82) is 0 Å². The van der Waals surface area contributed by atoms with Gasteiger partial charge in [-0.15, -0.1) is 0 Å². The van der Waals surface area contributed by atoms with Crippen molar-refractivity contribution in [2.75, 3.05) is 10.0 Å². The number of anilines is 2. The van der Waals surface area contributed by atoms with Crippen LogP contribution in [0.2, 0.25) is 5.02 Å². The number of rotatable bonds is 5. The van der Waals surface area contributed by atoms with Crippen molar-refractivity contribution in [3.63, 3.8) is 0 Å². The zero-order valence-corrected chi connectivity index (χ0v) is 16.3. The Morgan fingerprint density at radius 2 is 1.61 bits per heavy atom. The summed E-state index contributed by atoms with van der Waals surface area (Å²) < 4.78 is 40.9. The summed E-state index contributed by atoms with van der Waals surface area (Å²) in [6.07, 6.45) is 0. The van der Waals surface area contributed by atoms with Gasteiger partial charge in [0.2, 0.25) is 0 Å². The van der Waals surface area contributed by atoms with Crippen LogP contribution in [0.1, 0.15) is 15.9 Å². The fourth-order valence-electron chi connectivity index (χ4n) is 2.53. The highest BCUT2D eigenvalue weighted by molar-refractivity contribution is 7.92. The second kappa shape index (κ2) is 8.00. The summed E-state index contributed by atoms with van der Waals surface area (Å²) in [5, 5.41) is 2.55. The first-order chi connectivity index (χ1) is 13.3. The van der Waals surface area contributed by atoms with E-state index in [4.69, 9.17) is 11.6 Å². The number of carbonyl (C=O) groups is 1. The molecule has 28 heavy (non-hydrogen) atoms. The molecule has 0 unspecified atom stereocenters. The summed E-state index contributed by atoms with van der Waals surface area (Å²) in [6, 6.07) is 16.6. The van der Waals surface area contributed by atoms with Crippen LogP contribution in [-0.2, 0) is 10.0 Å². The van der Waals surface area contributed by atoms with Gasteiger partial charge in [-0.3, -0.25) is 9.52 Å². The summed E-state index contributed by atoms with van der Waals surface area (Å²) in [4.78, 5) is 12.4. The van der Waals surface area contributed by atoms with Crippen LogP contribution in [0.25, 0.3) is 0 Å². The molecule has 0 radical (unpaired) electrons. The highest BCUT2D eigenvalue weighted by atomic mass is 35.5. The summed E-state index contributed by atoms with van der Waals surface area (Å²) in [5.41, 5.74) is 1.48. The summed E-state index contributed by atoms with van der Waals surface area (Å²) >= 11 is 5.70. The Morgan fingerprint density at radius 3 is 2.25 bits per heavy atom. The number of para-hydroxylation sites is 1. The van der Waals surface area contributed by atoms with Gasteiger partial charge in [0.1, 0.15) is 5.82 Å². The van der Waals surface area contributed by atoms with Crippen LogP contribution in [0.5, 0.6) is 0 Å². The Morgan fingerprint density at radius 1 is 0.964 bits per heavy atom. The van der Waals surface area contributed by atoms with E-state index >= 15 is 0 Å². The van der Waals surface area contributed by atoms with Gasteiger partial charge in [-0.1, -0.05) is 29.8 Å². The van der Waals surface area contributed by atoms with Gasteiger partial charge in [-0.25, -0.2) is 12.8 Å². The van der Waals surface area contributed by atoms with Crippen LogP contribution >= 0.6 is 11.6 Å². The predicted octanol–water partition coefficient (Wildman–Crippen LogP) is 4.84. The number of aryl methyl sites for hydroxylation is 1. The second-order valence-electron chi connectivity index (χ2n) is 6.03. The molecule has 5 nitrogen and oxygen atoms in total. The van der Waals surface area contributed by atoms with E-state index in [1.54, 1.807) is 37.3 Å². The Labute approximate surface area is 167 Å². The van der Waals surface area contributed by atoms with Gasteiger partial charge in [0.15, 0.2) is 0 Å². The van der Waals surface area contributed by atoms with Gasteiger partial charge in [0, 0.05) is 16.9 Å². The highest BCUT2D eigenvalue weighted by Crippen LogP contribution is 2.22. The quantitative estimate of drug-likeness (QED) is 0.622. The molecule has 1 amide bonds. The average molecular weight is 419 g/mol. The van der Waals surface area contributed by atoms with Crippen LogP contribution < -0.4 is 10.0 Å². The monoisotopic (exact) mass is 418 g/mol. The molecule has 0 spiro atoms. The van der Waals surface area contributed by atoms with Gasteiger partial charge in [0.25, 0.3) is 15.9 Å². The smallest absolute Gasteiger partial charge is 0.261 e. The predicted molar refractivity (Wildman–Crippen MR) is 108 cm³/mol. The molecule has 3 aromatic rings. The maximum absolute atomic E-state index is 13.6. The van der Waals surface area contributed by atoms with E-state index in [0.29, 0.717) is 16.9 Å². The standard InChI is InChI=1S/C20H16ClFN2O3S/c1-13-11-18(21)19(22)12-17(13)20(25)23-14-7-9-16(10-8-14)28(26,27)24-15-5-3-2-4-6-15/h2-12,24H,1H3,(H,23,25). The first-order valence-corrected chi connectivity index (χ1v) is 10.1. The maximum Gasteiger partial charge on any atom is 0.261 e. The number of sulfonamides is 1. The van der Waals surface area contributed by atoms with Crippen molar-refractivity contribution in [2.24, 2.45) is 0 Å². The Hall–Kier alpha value is -2.90. The fraction of sp³-hybridized carbons (Fsp3) is 0.0500. The number of halogens is 2. The molecular weight excluding hydrogens is 403 g/mol. The molecule has 0 aliphatic rings. The minimum Gasteiger partial charge on any atom is -0.322 e. The van der Waals surface area contributed by atoms with Crippen molar-refractivity contribution in [2.45, 2.75) is 11.8 Å². The minimum atomic E-state index is -3.75. The van der Waals surface area contributed by atoms with Gasteiger partial charge in [0.05, 0.1) is 9.92 Å². The molecule has 144 valence electrons. The number of hydrogen-bond donors (Lipinski definition) is 2. The SMILES string of the molecule is Cc1cc(Cl)c(F)cc1C(=O)Nc1ccc(S(=O)(=O)Nc2ccccc2)cc1. The molecule has 0 heterocycles. The van der Waals surface area contributed by atoms with Gasteiger partial charge in [-0.05, 0) is 61.0 Å². The minimum absolute atomic E-state index is 0.0445. The number of nitrogens with one attached hydrogen (secondary N) is 2.